The van der Waals surface area contributed by atoms with Gasteiger partial charge in [0.25, 0.3) is 0 Å². The topological polar surface area (TPSA) is 167 Å². The van der Waals surface area contributed by atoms with Crippen molar-refractivity contribution in [3.63, 3.8) is 0 Å². The molecule has 3 aromatic heterocycles. The van der Waals surface area contributed by atoms with Crippen molar-refractivity contribution in [1.29, 1.82) is 0 Å². The van der Waals surface area contributed by atoms with Gasteiger partial charge in [0.1, 0.15) is 17.7 Å². The molecule has 3 unspecified atom stereocenters. The summed E-state index contributed by atoms with van der Waals surface area (Å²) >= 11 is 0. The predicted octanol–water partition coefficient (Wildman–Crippen LogP) is 7.60. The molecular weight excluding hydrogens is 745 g/mol. The van der Waals surface area contributed by atoms with E-state index < -0.39 is 18.2 Å². The summed E-state index contributed by atoms with van der Waals surface area (Å²) in [6, 6.07) is 19.5. The van der Waals surface area contributed by atoms with E-state index in [1.807, 2.05) is 24.5 Å². The fourth-order valence-corrected chi connectivity index (χ4v) is 9.69. The molecule has 3 aliphatic rings. The molecule has 8 atom stereocenters. The highest BCUT2D eigenvalue weighted by atomic mass is 16.5. The summed E-state index contributed by atoms with van der Waals surface area (Å²) in [7, 11) is 2.77. The summed E-state index contributed by atoms with van der Waals surface area (Å²) in [5.41, 5.74) is 7.02. The van der Waals surface area contributed by atoms with Gasteiger partial charge >= 0.3 is 6.09 Å². The quantitative estimate of drug-likeness (QED) is 0.0946. The first-order valence-corrected chi connectivity index (χ1v) is 20.8. The molecule has 0 spiro atoms. The van der Waals surface area contributed by atoms with Crippen LogP contribution in [-0.2, 0) is 19.1 Å². The lowest BCUT2D eigenvalue weighted by Gasteiger charge is -2.31. The number of nitrogens with one attached hydrogen (secondary N) is 4. The molecule has 59 heavy (non-hydrogen) atoms. The van der Waals surface area contributed by atoms with E-state index in [9.17, 15) is 14.4 Å². The highest BCUT2D eigenvalue weighted by Gasteiger charge is 2.52. The molecule has 2 saturated carbocycles. The van der Waals surface area contributed by atoms with Crippen LogP contribution in [0.25, 0.3) is 33.6 Å². The lowest BCUT2D eigenvalue weighted by Crippen LogP contribution is -2.54. The second kappa shape index (κ2) is 17.2. The number of nitrogens with zero attached hydrogens (tertiary/aromatic N) is 4. The van der Waals surface area contributed by atoms with Crippen molar-refractivity contribution in [2.24, 2.45) is 23.7 Å². The van der Waals surface area contributed by atoms with Gasteiger partial charge in [0, 0.05) is 32.0 Å². The maximum atomic E-state index is 14.0. The minimum absolute atomic E-state index is 0.0694. The summed E-state index contributed by atoms with van der Waals surface area (Å²) < 4.78 is 10.2. The summed E-state index contributed by atoms with van der Waals surface area (Å²) in [4.78, 5) is 62.4. The third kappa shape index (κ3) is 8.12. The van der Waals surface area contributed by atoms with Crippen LogP contribution < -0.4 is 10.6 Å². The average Bonchev–Trinajstić information content (AvgIpc) is 4.13. The Hall–Kier alpha value is -5.82. The Labute approximate surface area is 345 Å². The smallest absolute Gasteiger partial charge is 0.407 e. The molecule has 2 aliphatic carbocycles. The van der Waals surface area contributed by atoms with E-state index in [0.717, 1.165) is 77.1 Å². The third-order valence-corrected chi connectivity index (χ3v) is 12.9. The molecule has 308 valence electrons. The van der Waals surface area contributed by atoms with Crippen LogP contribution >= 0.6 is 0 Å². The SMILES string of the molecule is COC(=O)N[C@H](C(=O)N1CCC[C@H]1c1ncc(-c2ccc(-c3ccc(-c4cnc(C5C6CCC(C6)[C@@H]5C(=O)N[C@H](c5cccnc5)C(C)C)[nH]4)cc3)cc2)[nH]1)[C@@H](C)OC. The van der Waals surface area contributed by atoms with Crippen molar-refractivity contribution < 1.29 is 23.9 Å². The number of methoxy groups -OCH3 is 2. The largest absolute Gasteiger partial charge is 0.453 e. The van der Waals surface area contributed by atoms with Crippen molar-refractivity contribution >= 4 is 17.9 Å². The van der Waals surface area contributed by atoms with Crippen LogP contribution in [0.4, 0.5) is 4.79 Å². The number of rotatable bonds is 13. The molecule has 4 N–H and O–H groups in total. The fourth-order valence-electron chi connectivity index (χ4n) is 9.69. The van der Waals surface area contributed by atoms with Gasteiger partial charge in [-0.3, -0.25) is 14.6 Å². The number of likely N-dealkylation sites (tertiary alicyclic amines) is 1. The number of fused-ring (bicyclic) bond motifs is 2. The number of pyridine rings is 1. The number of hydrogen-bond donors (Lipinski definition) is 4. The highest BCUT2D eigenvalue weighted by Crippen LogP contribution is 2.56. The molecule has 2 bridgehead atoms. The van der Waals surface area contributed by atoms with E-state index in [1.165, 1.54) is 14.2 Å². The number of aromatic nitrogens is 5. The minimum atomic E-state index is -0.887. The van der Waals surface area contributed by atoms with Gasteiger partial charge in [-0.1, -0.05) is 68.4 Å². The molecule has 3 amide bonds. The molecule has 4 heterocycles. The fraction of sp³-hybridized carbons (Fsp3) is 0.435. The van der Waals surface area contributed by atoms with Gasteiger partial charge < -0.3 is 35.0 Å². The van der Waals surface area contributed by atoms with Crippen molar-refractivity contribution in [1.82, 2.24) is 40.5 Å². The lowest BCUT2D eigenvalue weighted by atomic mass is 9.78. The van der Waals surface area contributed by atoms with Crippen molar-refractivity contribution in [3.8, 4) is 33.6 Å². The van der Waals surface area contributed by atoms with Crippen molar-refractivity contribution in [2.45, 2.75) is 83.0 Å². The van der Waals surface area contributed by atoms with E-state index in [-0.39, 0.29) is 41.7 Å². The summed E-state index contributed by atoms with van der Waals surface area (Å²) in [6.07, 6.45) is 11.0. The zero-order valence-electron chi connectivity index (χ0n) is 34.4. The van der Waals surface area contributed by atoms with Gasteiger partial charge in [-0.2, -0.15) is 0 Å². The van der Waals surface area contributed by atoms with Crippen LogP contribution in [0.1, 0.15) is 88.1 Å². The first-order valence-electron chi connectivity index (χ1n) is 20.8. The maximum Gasteiger partial charge on any atom is 0.407 e. The Balaban J connectivity index is 0.928. The number of carbonyl (C=O) groups is 3. The standard InChI is InChI=1S/C46H54N8O5/c1-26(2)40(34-8-6-20-47-23-34)52-44(55)39-33-19-18-32(22-33)38(39)43-49-25-36(51-43)31-16-12-29(13-17-31)28-10-14-30(15-11-28)35-24-48-42(50-35)37-9-7-21-54(37)45(56)41(27(3)58-4)53-46(57)59-5/h6,8,10-17,20,23-27,32-33,37-41H,7,9,18-19,21-22H2,1-5H3,(H,48,50)(H,49,51)(H,52,55)(H,53,57)/t27-,32?,33?,37+,38?,39+,40+,41+/m1/s1. The average molecular weight is 799 g/mol. The number of amides is 3. The van der Waals surface area contributed by atoms with Crippen LogP contribution in [-0.4, -0.2) is 80.6 Å². The van der Waals surface area contributed by atoms with E-state index in [1.54, 1.807) is 24.2 Å². The molecule has 8 rings (SSSR count). The molecule has 5 aromatic rings. The van der Waals surface area contributed by atoms with E-state index in [4.69, 9.17) is 14.5 Å². The van der Waals surface area contributed by atoms with Gasteiger partial charge in [0.15, 0.2) is 0 Å². The van der Waals surface area contributed by atoms with E-state index >= 15 is 0 Å². The Morgan fingerprint density at radius 1 is 0.780 bits per heavy atom. The number of ether oxygens (including phenoxy) is 2. The molecule has 1 aliphatic heterocycles. The minimum Gasteiger partial charge on any atom is -0.453 e. The Morgan fingerprint density at radius 3 is 2.02 bits per heavy atom. The van der Waals surface area contributed by atoms with Crippen molar-refractivity contribution in [3.05, 3.63) is 103 Å². The Bertz CT molecular complexity index is 2240. The maximum absolute atomic E-state index is 14.0. The predicted molar refractivity (Wildman–Crippen MR) is 224 cm³/mol. The molecular formula is C46H54N8O5. The Kier molecular flexibility index (Phi) is 11.6. The normalized spacial score (nSPS) is 22.6. The van der Waals surface area contributed by atoms with Gasteiger partial charge in [0.05, 0.1) is 55.0 Å². The third-order valence-electron chi connectivity index (χ3n) is 12.9. The zero-order chi connectivity index (χ0) is 41.2. The number of aromatic amines is 2. The first-order chi connectivity index (χ1) is 28.6. The van der Waals surface area contributed by atoms with Gasteiger partial charge in [0.2, 0.25) is 11.8 Å². The molecule has 13 nitrogen and oxygen atoms in total. The molecule has 13 heteroatoms. The zero-order valence-corrected chi connectivity index (χ0v) is 34.4. The monoisotopic (exact) mass is 798 g/mol. The second-order valence-electron chi connectivity index (χ2n) is 16.7. The number of H-pyrrole nitrogens is 2. The number of alkyl carbamates (subject to hydrolysis) is 1. The van der Waals surface area contributed by atoms with Gasteiger partial charge in [-0.15, -0.1) is 0 Å². The van der Waals surface area contributed by atoms with Gasteiger partial charge in [-0.25, -0.2) is 14.8 Å². The summed E-state index contributed by atoms with van der Waals surface area (Å²) in [6.45, 7) is 6.57. The molecule has 2 aromatic carbocycles. The number of carbonyl (C=O) groups excluding carboxylic acids is 3. The first kappa shape index (κ1) is 40.0. The van der Waals surface area contributed by atoms with Gasteiger partial charge in [-0.05, 0) is 90.7 Å². The van der Waals surface area contributed by atoms with Crippen LogP contribution in [0.15, 0.2) is 85.5 Å². The van der Waals surface area contributed by atoms with E-state index in [0.29, 0.717) is 24.2 Å². The van der Waals surface area contributed by atoms with E-state index in [2.05, 4.69) is 92.9 Å². The Morgan fingerprint density at radius 2 is 1.41 bits per heavy atom. The number of imidazole rings is 2. The second-order valence-corrected chi connectivity index (χ2v) is 16.7. The van der Waals surface area contributed by atoms with Crippen LogP contribution in [0, 0.1) is 23.7 Å². The van der Waals surface area contributed by atoms with Crippen LogP contribution in [0.3, 0.4) is 0 Å². The van der Waals surface area contributed by atoms with Crippen molar-refractivity contribution in [2.75, 3.05) is 20.8 Å². The van der Waals surface area contributed by atoms with Crippen LogP contribution in [0.2, 0.25) is 0 Å². The summed E-state index contributed by atoms with van der Waals surface area (Å²) in [5, 5.41) is 6.04. The molecule has 3 fully saturated rings. The summed E-state index contributed by atoms with van der Waals surface area (Å²) in [5.74, 6) is 2.51. The number of benzene rings is 2. The number of hydrogen-bond acceptors (Lipinski definition) is 8. The van der Waals surface area contributed by atoms with Crippen LogP contribution in [0.5, 0.6) is 0 Å². The molecule has 1 saturated heterocycles. The highest BCUT2D eigenvalue weighted by molar-refractivity contribution is 5.87. The lowest BCUT2D eigenvalue weighted by molar-refractivity contribution is -0.137. The molecule has 0 radical (unpaired) electrons.